The van der Waals surface area contributed by atoms with Crippen molar-refractivity contribution in [3.8, 4) is 11.5 Å². The third kappa shape index (κ3) is 3.87. The molecule has 3 rings (SSSR count). The van der Waals surface area contributed by atoms with Gasteiger partial charge in [-0.1, -0.05) is 16.8 Å². The summed E-state index contributed by atoms with van der Waals surface area (Å²) in [6, 6.07) is 4.80. The number of nitrogens with one attached hydrogen (secondary N) is 2. The Hall–Kier alpha value is -2.41. The first kappa shape index (κ1) is 15.5. The highest BCUT2D eigenvalue weighted by Gasteiger charge is 2.16. The summed E-state index contributed by atoms with van der Waals surface area (Å²) in [6.45, 7) is 3.19. The molecule has 2 amide bonds. The number of benzene rings is 1. The summed E-state index contributed by atoms with van der Waals surface area (Å²) in [6.07, 6.45) is 0.804. The van der Waals surface area contributed by atoms with Gasteiger partial charge in [0.15, 0.2) is 17.3 Å². The van der Waals surface area contributed by atoms with E-state index in [2.05, 4.69) is 15.8 Å². The molecule has 0 aliphatic carbocycles. The van der Waals surface area contributed by atoms with E-state index in [-0.39, 0.29) is 6.03 Å². The zero-order valence-electron chi connectivity index (χ0n) is 12.5. The summed E-state index contributed by atoms with van der Waals surface area (Å²) in [4.78, 5) is 11.8. The highest BCUT2D eigenvalue weighted by molar-refractivity contribution is 6.32. The van der Waals surface area contributed by atoms with Gasteiger partial charge in [-0.05, 0) is 24.6 Å². The number of aryl methyl sites for hydroxylation is 1. The first-order chi connectivity index (χ1) is 11.1. The number of anilines is 1. The largest absolute Gasteiger partial charge is 0.489 e. The minimum absolute atomic E-state index is 0.291. The van der Waals surface area contributed by atoms with Crippen LogP contribution in [0.3, 0.4) is 0 Å². The molecule has 0 fully saturated rings. The summed E-state index contributed by atoms with van der Waals surface area (Å²) in [5, 5.41) is 9.45. The summed E-state index contributed by atoms with van der Waals surface area (Å²) in [5.41, 5.74) is 0.811. The van der Waals surface area contributed by atoms with Gasteiger partial charge >= 0.3 is 6.03 Å². The maximum absolute atomic E-state index is 11.8. The lowest BCUT2D eigenvalue weighted by Crippen LogP contribution is -2.28. The first-order valence-corrected chi connectivity index (χ1v) is 7.56. The number of hydrogen-bond donors (Lipinski definition) is 2. The molecule has 0 saturated carbocycles. The number of ether oxygens (including phenoxy) is 2. The molecule has 1 aliphatic heterocycles. The predicted molar refractivity (Wildman–Crippen MR) is 84.2 cm³/mol. The quantitative estimate of drug-likeness (QED) is 0.898. The van der Waals surface area contributed by atoms with Gasteiger partial charge in [-0.2, -0.15) is 0 Å². The van der Waals surface area contributed by atoms with Crippen molar-refractivity contribution in [1.82, 2.24) is 10.5 Å². The van der Waals surface area contributed by atoms with Crippen LogP contribution in [0.1, 0.15) is 17.7 Å². The van der Waals surface area contributed by atoms with Crippen LogP contribution in [0, 0.1) is 6.92 Å². The van der Waals surface area contributed by atoms with E-state index in [9.17, 15) is 4.79 Å². The fourth-order valence-corrected chi connectivity index (χ4v) is 2.44. The van der Waals surface area contributed by atoms with Gasteiger partial charge in [0.05, 0.1) is 18.2 Å². The van der Waals surface area contributed by atoms with E-state index in [4.69, 9.17) is 25.6 Å². The lowest BCUT2D eigenvalue weighted by atomic mass is 10.2. The van der Waals surface area contributed by atoms with Gasteiger partial charge in [-0.25, -0.2) is 4.79 Å². The van der Waals surface area contributed by atoms with E-state index in [0.29, 0.717) is 47.9 Å². The molecule has 8 heteroatoms. The van der Waals surface area contributed by atoms with Crippen molar-refractivity contribution in [2.75, 3.05) is 18.5 Å². The Labute approximate surface area is 137 Å². The van der Waals surface area contributed by atoms with Crippen molar-refractivity contribution in [3.05, 3.63) is 34.5 Å². The lowest BCUT2D eigenvalue weighted by molar-refractivity contribution is 0.251. The monoisotopic (exact) mass is 337 g/mol. The zero-order valence-corrected chi connectivity index (χ0v) is 13.3. The zero-order chi connectivity index (χ0) is 16.2. The van der Waals surface area contributed by atoms with Crippen LogP contribution in [-0.2, 0) is 6.54 Å². The molecule has 23 heavy (non-hydrogen) atoms. The first-order valence-electron chi connectivity index (χ1n) is 7.18. The smallest absolute Gasteiger partial charge is 0.320 e. The van der Waals surface area contributed by atoms with Crippen molar-refractivity contribution in [1.29, 1.82) is 0 Å². The number of aromatic nitrogens is 1. The van der Waals surface area contributed by atoms with Gasteiger partial charge in [0.2, 0.25) is 0 Å². The molecule has 0 saturated heterocycles. The number of hydrogen-bond acceptors (Lipinski definition) is 5. The maximum Gasteiger partial charge on any atom is 0.320 e. The SMILES string of the molecule is Cc1cc(NC(=O)NCc2cc(Cl)c3c(c2)OCCCO3)no1. The number of fused-ring (bicyclic) bond motifs is 1. The van der Waals surface area contributed by atoms with Gasteiger partial charge in [-0.3, -0.25) is 5.32 Å². The maximum atomic E-state index is 11.8. The molecular formula is C15H16ClN3O4. The molecule has 0 spiro atoms. The van der Waals surface area contributed by atoms with Crippen LogP contribution in [0.15, 0.2) is 22.7 Å². The van der Waals surface area contributed by atoms with Crippen molar-refractivity contribution in [3.63, 3.8) is 0 Å². The molecule has 0 bridgehead atoms. The number of urea groups is 1. The van der Waals surface area contributed by atoms with Crippen LogP contribution in [0.25, 0.3) is 0 Å². The minimum atomic E-state index is -0.387. The average molecular weight is 338 g/mol. The van der Waals surface area contributed by atoms with Gasteiger partial charge in [0.1, 0.15) is 5.76 Å². The number of rotatable bonds is 3. The molecule has 2 aromatic rings. The Morgan fingerprint density at radius 3 is 2.91 bits per heavy atom. The molecule has 2 N–H and O–H groups in total. The molecule has 1 aromatic carbocycles. The van der Waals surface area contributed by atoms with E-state index in [0.717, 1.165) is 12.0 Å². The Morgan fingerprint density at radius 2 is 2.13 bits per heavy atom. The third-order valence-corrected chi connectivity index (χ3v) is 3.47. The predicted octanol–water partition coefficient (Wildman–Crippen LogP) is 3.12. The van der Waals surface area contributed by atoms with Gasteiger partial charge in [0.25, 0.3) is 0 Å². The number of nitrogens with zero attached hydrogens (tertiary/aromatic N) is 1. The molecule has 7 nitrogen and oxygen atoms in total. The standard InChI is InChI=1S/C15H16ClN3O4/c1-9-5-13(19-23-9)18-15(20)17-8-10-6-11(16)14-12(7-10)21-3-2-4-22-14/h5-7H,2-4,8H2,1H3,(H2,17,18,19,20). The molecule has 2 heterocycles. The molecule has 0 radical (unpaired) electrons. The molecule has 122 valence electrons. The van der Waals surface area contributed by atoms with Gasteiger partial charge < -0.3 is 19.3 Å². The van der Waals surface area contributed by atoms with Crippen molar-refractivity contribution < 1.29 is 18.8 Å². The highest BCUT2D eigenvalue weighted by atomic mass is 35.5. The van der Waals surface area contributed by atoms with Crippen molar-refractivity contribution in [2.24, 2.45) is 0 Å². The summed E-state index contributed by atoms with van der Waals surface area (Å²) < 4.78 is 16.1. The number of carbonyl (C=O) groups is 1. The second kappa shape index (κ2) is 6.78. The average Bonchev–Trinajstić information content (AvgIpc) is 2.78. The molecule has 1 aliphatic rings. The fraction of sp³-hybridized carbons (Fsp3) is 0.333. The van der Waals surface area contributed by atoms with E-state index in [1.807, 2.05) is 6.07 Å². The fourth-order valence-electron chi connectivity index (χ4n) is 2.15. The Balaban J connectivity index is 1.62. The van der Waals surface area contributed by atoms with Crippen molar-refractivity contribution in [2.45, 2.75) is 19.9 Å². The van der Waals surface area contributed by atoms with Crippen LogP contribution in [0.4, 0.5) is 10.6 Å². The number of carbonyl (C=O) groups excluding carboxylic acids is 1. The summed E-state index contributed by atoms with van der Waals surface area (Å²) in [7, 11) is 0. The highest BCUT2D eigenvalue weighted by Crippen LogP contribution is 2.37. The van der Waals surface area contributed by atoms with Crippen LogP contribution < -0.4 is 20.1 Å². The lowest BCUT2D eigenvalue weighted by Gasteiger charge is -2.12. The second-order valence-corrected chi connectivity index (χ2v) is 5.49. The molecule has 0 unspecified atom stereocenters. The second-order valence-electron chi connectivity index (χ2n) is 5.09. The van der Waals surface area contributed by atoms with Gasteiger partial charge in [0, 0.05) is 19.0 Å². The molecular weight excluding hydrogens is 322 g/mol. The third-order valence-electron chi connectivity index (χ3n) is 3.18. The summed E-state index contributed by atoms with van der Waals surface area (Å²) in [5.74, 6) is 2.13. The summed E-state index contributed by atoms with van der Waals surface area (Å²) >= 11 is 6.21. The van der Waals surface area contributed by atoms with E-state index in [1.54, 1.807) is 19.1 Å². The Kier molecular flexibility index (Phi) is 4.57. The minimum Gasteiger partial charge on any atom is -0.489 e. The van der Waals surface area contributed by atoms with Crippen LogP contribution in [0.5, 0.6) is 11.5 Å². The molecule has 0 atom stereocenters. The number of amides is 2. The Bertz CT molecular complexity index is 717. The van der Waals surface area contributed by atoms with E-state index in [1.165, 1.54) is 0 Å². The number of halogens is 1. The normalized spacial score (nSPS) is 13.3. The topological polar surface area (TPSA) is 85.6 Å². The van der Waals surface area contributed by atoms with E-state index >= 15 is 0 Å². The molecule has 1 aromatic heterocycles. The Morgan fingerprint density at radius 1 is 1.30 bits per heavy atom. The van der Waals surface area contributed by atoms with Crippen LogP contribution >= 0.6 is 11.6 Å². The van der Waals surface area contributed by atoms with Gasteiger partial charge in [-0.15, -0.1) is 0 Å². The van der Waals surface area contributed by atoms with Crippen LogP contribution in [0.2, 0.25) is 5.02 Å². The van der Waals surface area contributed by atoms with Crippen molar-refractivity contribution >= 4 is 23.4 Å². The van der Waals surface area contributed by atoms with Crippen LogP contribution in [-0.4, -0.2) is 24.4 Å². The van der Waals surface area contributed by atoms with E-state index < -0.39 is 0 Å².